The number of piperidine rings is 1. The number of nitrogens with two attached hydrogens (primary N) is 1. The topological polar surface area (TPSA) is 55.0 Å². The highest BCUT2D eigenvalue weighted by atomic mass is 15.2. The first-order valence-electron chi connectivity index (χ1n) is 5.11. The average Bonchev–Trinajstić information content (AvgIpc) is 2.30. The monoisotopic (exact) mass is 192 g/mol. The molecule has 1 fully saturated rings. The molecular formula is C10H16N4. The first kappa shape index (κ1) is 9.40. The Balaban J connectivity index is 1.96. The number of aromatic nitrogens is 2. The summed E-state index contributed by atoms with van der Waals surface area (Å²) < 4.78 is 0. The molecule has 0 atom stereocenters. The first-order valence-corrected chi connectivity index (χ1v) is 5.11. The highest BCUT2D eigenvalue weighted by Crippen LogP contribution is 2.19. The molecule has 4 nitrogen and oxygen atoms in total. The molecule has 0 saturated carbocycles. The third-order valence-electron chi connectivity index (χ3n) is 2.84. The van der Waals surface area contributed by atoms with Gasteiger partial charge in [0, 0.05) is 19.3 Å². The van der Waals surface area contributed by atoms with Crippen molar-refractivity contribution in [2.75, 3.05) is 24.5 Å². The lowest BCUT2D eigenvalue weighted by atomic mass is 9.97. The van der Waals surface area contributed by atoms with E-state index in [4.69, 9.17) is 5.73 Å². The van der Waals surface area contributed by atoms with Crippen LogP contribution in [-0.4, -0.2) is 29.6 Å². The van der Waals surface area contributed by atoms with E-state index in [1.165, 1.54) is 12.8 Å². The lowest BCUT2D eigenvalue weighted by molar-refractivity contribution is 0.413. The summed E-state index contributed by atoms with van der Waals surface area (Å²) in [6.45, 7) is 2.95. The number of anilines is 1. The molecule has 1 aliphatic heterocycles. The van der Waals surface area contributed by atoms with Gasteiger partial charge in [-0.3, -0.25) is 0 Å². The van der Waals surface area contributed by atoms with E-state index in [0.29, 0.717) is 5.92 Å². The summed E-state index contributed by atoms with van der Waals surface area (Å²) in [6.07, 6.45) is 5.75. The van der Waals surface area contributed by atoms with Crippen LogP contribution in [0.2, 0.25) is 0 Å². The maximum Gasteiger partial charge on any atom is 0.131 e. The Hall–Kier alpha value is -1.16. The normalized spacial score (nSPS) is 18.5. The molecule has 1 aliphatic rings. The van der Waals surface area contributed by atoms with Gasteiger partial charge in [0.1, 0.15) is 12.1 Å². The number of nitrogens with zero attached hydrogens (tertiary/aromatic N) is 3. The Morgan fingerprint density at radius 1 is 1.43 bits per heavy atom. The van der Waals surface area contributed by atoms with Crippen LogP contribution < -0.4 is 10.6 Å². The van der Waals surface area contributed by atoms with E-state index in [1.807, 2.05) is 6.07 Å². The number of hydrogen-bond donors (Lipinski definition) is 1. The molecule has 76 valence electrons. The van der Waals surface area contributed by atoms with E-state index in [0.717, 1.165) is 25.5 Å². The van der Waals surface area contributed by atoms with E-state index in [1.54, 1.807) is 12.5 Å². The largest absolute Gasteiger partial charge is 0.357 e. The molecular weight excluding hydrogens is 176 g/mol. The van der Waals surface area contributed by atoms with Gasteiger partial charge >= 0.3 is 0 Å². The molecule has 0 amide bonds. The van der Waals surface area contributed by atoms with Gasteiger partial charge in [-0.05, 0) is 31.4 Å². The van der Waals surface area contributed by atoms with Crippen molar-refractivity contribution in [1.82, 2.24) is 9.97 Å². The minimum absolute atomic E-state index is 0.702. The molecule has 1 aromatic heterocycles. The first-order chi connectivity index (χ1) is 6.90. The number of hydrogen-bond acceptors (Lipinski definition) is 4. The van der Waals surface area contributed by atoms with Crippen molar-refractivity contribution in [3.63, 3.8) is 0 Å². The van der Waals surface area contributed by atoms with Crippen LogP contribution in [0.4, 0.5) is 5.82 Å². The third-order valence-corrected chi connectivity index (χ3v) is 2.84. The van der Waals surface area contributed by atoms with Crippen molar-refractivity contribution in [3.8, 4) is 0 Å². The molecule has 0 bridgehead atoms. The summed E-state index contributed by atoms with van der Waals surface area (Å²) in [5.74, 6) is 1.74. The van der Waals surface area contributed by atoms with Gasteiger partial charge in [0.05, 0.1) is 0 Å². The Bertz CT molecular complexity index is 267. The highest BCUT2D eigenvalue weighted by molar-refractivity contribution is 5.36. The fourth-order valence-electron chi connectivity index (χ4n) is 1.87. The zero-order chi connectivity index (χ0) is 9.80. The molecule has 0 spiro atoms. The molecule has 0 radical (unpaired) electrons. The second-order valence-electron chi connectivity index (χ2n) is 3.73. The molecule has 4 heteroatoms. The predicted molar refractivity (Wildman–Crippen MR) is 56.0 cm³/mol. The second-order valence-corrected chi connectivity index (χ2v) is 3.73. The fraction of sp³-hybridized carbons (Fsp3) is 0.600. The zero-order valence-electron chi connectivity index (χ0n) is 8.26. The van der Waals surface area contributed by atoms with Gasteiger partial charge < -0.3 is 10.6 Å². The molecule has 1 aromatic rings. The van der Waals surface area contributed by atoms with Crippen LogP contribution in [0.3, 0.4) is 0 Å². The lowest BCUT2D eigenvalue weighted by Crippen LogP contribution is -2.36. The van der Waals surface area contributed by atoms with Gasteiger partial charge in [-0.25, -0.2) is 9.97 Å². The van der Waals surface area contributed by atoms with E-state index < -0.39 is 0 Å². The van der Waals surface area contributed by atoms with Crippen LogP contribution in [0.25, 0.3) is 0 Å². The summed E-state index contributed by atoms with van der Waals surface area (Å²) in [4.78, 5) is 10.4. The highest BCUT2D eigenvalue weighted by Gasteiger charge is 2.18. The van der Waals surface area contributed by atoms with Crippen molar-refractivity contribution < 1.29 is 0 Å². The Labute approximate surface area is 84.2 Å². The summed E-state index contributed by atoms with van der Waals surface area (Å²) in [5, 5.41) is 0. The van der Waals surface area contributed by atoms with Gasteiger partial charge in [0.15, 0.2) is 0 Å². The van der Waals surface area contributed by atoms with E-state index >= 15 is 0 Å². The summed E-state index contributed by atoms with van der Waals surface area (Å²) in [5.41, 5.74) is 5.64. The van der Waals surface area contributed by atoms with Crippen LogP contribution in [0.15, 0.2) is 18.6 Å². The van der Waals surface area contributed by atoms with Gasteiger partial charge in [0.25, 0.3) is 0 Å². The van der Waals surface area contributed by atoms with Crippen molar-refractivity contribution in [3.05, 3.63) is 18.6 Å². The van der Waals surface area contributed by atoms with Crippen LogP contribution in [0.1, 0.15) is 12.8 Å². The Morgan fingerprint density at radius 3 is 2.79 bits per heavy atom. The minimum atomic E-state index is 0.702. The van der Waals surface area contributed by atoms with Gasteiger partial charge in [0.2, 0.25) is 0 Å². The molecule has 1 saturated heterocycles. The van der Waals surface area contributed by atoms with Crippen molar-refractivity contribution in [2.24, 2.45) is 11.7 Å². The van der Waals surface area contributed by atoms with Crippen LogP contribution in [-0.2, 0) is 0 Å². The molecule has 2 N–H and O–H groups in total. The molecule has 0 aliphatic carbocycles. The van der Waals surface area contributed by atoms with E-state index in [-0.39, 0.29) is 0 Å². The minimum Gasteiger partial charge on any atom is -0.357 e. The third kappa shape index (κ3) is 2.01. The summed E-state index contributed by atoms with van der Waals surface area (Å²) in [7, 11) is 0. The average molecular weight is 192 g/mol. The van der Waals surface area contributed by atoms with Crippen LogP contribution >= 0.6 is 0 Å². The zero-order valence-corrected chi connectivity index (χ0v) is 8.26. The smallest absolute Gasteiger partial charge is 0.131 e. The predicted octanol–water partition coefficient (Wildman–Crippen LogP) is 0.652. The molecule has 0 unspecified atom stereocenters. The van der Waals surface area contributed by atoms with Crippen molar-refractivity contribution >= 4 is 5.82 Å². The summed E-state index contributed by atoms with van der Waals surface area (Å²) in [6, 6.07) is 1.96. The van der Waals surface area contributed by atoms with Gasteiger partial charge in [-0.2, -0.15) is 0 Å². The number of rotatable bonds is 2. The maximum absolute atomic E-state index is 5.64. The SMILES string of the molecule is NCC1CCN(c2ccncn2)CC1. The van der Waals surface area contributed by atoms with E-state index in [9.17, 15) is 0 Å². The molecule has 0 aromatic carbocycles. The van der Waals surface area contributed by atoms with Gasteiger partial charge in [-0.15, -0.1) is 0 Å². The van der Waals surface area contributed by atoms with Crippen molar-refractivity contribution in [2.45, 2.75) is 12.8 Å². The van der Waals surface area contributed by atoms with Crippen LogP contribution in [0.5, 0.6) is 0 Å². The molecule has 2 rings (SSSR count). The summed E-state index contributed by atoms with van der Waals surface area (Å²) >= 11 is 0. The van der Waals surface area contributed by atoms with E-state index in [2.05, 4.69) is 14.9 Å². The van der Waals surface area contributed by atoms with Crippen molar-refractivity contribution in [1.29, 1.82) is 0 Å². The lowest BCUT2D eigenvalue weighted by Gasteiger charge is -2.31. The quantitative estimate of drug-likeness (QED) is 0.747. The molecule has 2 heterocycles. The van der Waals surface area contributed by atoms with Gasteiger partial charge in [-0.1, -0.05) is 0 Å². The standard InChI is InChI=1S/C10H16N4/c11-7-9-2-5-14(6-3-9)10-1-4-12-8-13-10/h1,4,8-9H,2-3,5-7,11H2. The Morgan fingerprint density at radius 2 is 2.21 bits per heavy atom. The maximum atomic E-state index is 5.64. The second kappa shape index (κ2) is 4.37. The van der Waals surface area contributed by atoms with Crippen LogP contribution in [0, 0.1) is 5.92 Å². The molecule has 14 heavy (non-hydrogen) atoms. The Kier molecular flexibility index (Phi) is 2.93. The fourth-order valence-corrected chi connectivity index (χ4v) is 1.87.